The molecule has 0 amide bonds. The third kappa shape index (κ3) is 3.05. The van der Waals surface area contributed by atoms with Crippen molar-refractivity contribution in [2.24, 2.45) is 0 Å². The minimum Gasteiger partial charge on any atom is -0.292 e. The van der Waals surface area contributed by atoms with Crippen LogP contribution in [-0.4, -0.2) is 5.78 Å². The van der Waals surface area contributed by atoms with Crippen LogP contribution in [0.4, 0.5) is 8.78 Å². The maximum atomic E-state index is 13.7. The highest BCUT2D eigenvalue weighted by Crippen LogP contribution is 2.33. The number of rotatable bonds is 3. The smallest absolute Gasteiger partial charge is 0.187 e. The highest BCUT2D eigenvalue weighted by Gasteiger charge is 2.28. The van der Waals surface area contributed by atoms with E-state index in [0.29, 0.717) is 6.07 Å². The standard InChI is InChI=1S/C15H7Cl2F2NO/c16-11-2-1-3-12(17)14(11)10(7-20)15(21)9-5-4-8(18)6-13(9)19/h1-6,10H. The van der Waals surface area contributed by atoms with Crippen LogP contribution in [-0.2, 0) is 0 Å². The van der Waals surface area contributed by atoms with Gasteiger partial charge in [0.15, 0.2) is 5.78 Å². The number of nitriles is 1. The van der Waals surface area contributed by atoms with E-state index in [1.165, 1.54) is 12.1 Å². The molecule has 106 valence electrons. The van der Waals surface area contributed by atoms with Crippen molar-refractivity contribution in [1.29, 1.82) is 5.26 Å². The van der Waals surface area contributed by atoms with Crippen molar-refractivity contribution in [3.8, 4) is 6.07 Å². The van der Waals surface area contributed by atoms with Crippen LogP contribution < -0.4 is 0 Å². The van der Waals surface area contributed by atoms with E-state index in [1.54, 1.807) is 12.1 Å². The Morgan fingerprint density at radius 2 is 1.76 bits per heavy atom. The zero-order valence-corrected chi connectivity index (χ0v) is 11.9. The van der Waals surface area contributed by atoms with Gasteiger partial charge in [0.1, 0.15) is 17.6 Å². The summed E-state index contributed by atoms with van der Waals surface area (Å²) in [5, 5.41) is 9.48. The largest absolute Gasteiger partial charge is 0.292 e. The Bertz CT molecular complexity index is 736. The van der Waals surface area contributed by atoms with Crippen molar-refractivity contribution in [3.05, 3.63) is 69.2 Å². The fourth-order valence-electron chi connectivity index (χ4n) is 1.89. The average molecular weight is 326 g/mol. The lowest BCUT2D eigenvalue weighted by Gasteiger charge is -2.12. The number of carbonyl (C=O) groups is 1. The van der Waals surface area contributed by atoms with Crippen LogP contribution >= 0.6 is 23.2 Å². The molecule has 0 radical (unpaired) electrons. The Morgan fingerprint density at radius 3 is 2.29 bits per heavy atom. The number of carbonyl (C=O) groups excluding carboxylic acids is 1. The van der Waals surface area contributed by atoms with Crippen LogP contribution in [0.25, 0.3) is 0 Å². The van der Waals surface area contributed by atoms with Crippen LogP contribution in [0.3, 0.4) is 0 Å². The van der Waals surface area contributed by atoms with E-state index in [9.17, 15) is 18.8 Å². The molecule has 21 heavy (non-hydrogen) atoms. The third-order valence-electron chi connectivity index (χ3n) is 2.88. The minimum absolute atomic E-state index is 0.108. The van der Waals surface area contributed by atoms with Gasteiger partial charge in [-0.15, -0.1) is 0 Å². The molecule has 2 nitrogen and oxygen atoms in total. The summed E-state index contributed by atoms with van der Waals surface area (Å²) in [7, 11) is 0. The molecule has 0 saturated carbocycles. The number of hydrogen-bond acceptors (Lipinski definition) is 2. The molecule has 0 heterocycles. The molecule has 0 fully saturated rings. The van der Waals surface area contributed by atoms with E-state index in [0.717, 1.165) is 12.1 Å². The normalized spacial score (nSPS) is 11.8. The van der Waals surface area contributed by atoms with Gasteiger partial charge in [-0.05, 0) is 24.3 Å². The van der Waals surface area contributed by atoms with Gasteiger partial charge in [-0.25, -0.2) is 8.78 Å². The molecule has 2 aromatic carbocycles. The summed E-state index contributed by atoms with van der Waals surface area (Å²) in [5.74, 6) is -4.05. The first-order valence-corrected chi connectivity index (χ1v) is 6.54. The monoisotopic (exact) mass is 325 g/mol. The van der Waals surface area contributed by atoms with E-state index >= 15 is 0 Å². The number of benzene rings is 2. The molecule has 2 rings (SSSR count). The van der Waals surface area contributed by atoms with Gasteiger partial charge in [0.25, 0.3) is 0 Å². The van der Waals surface area contributed by atoms with E-state index in [1.807, 2.05) is 0 Å². The summed E-state index contributed by atoms with van der Waals surface area (Å²) in [6, 6.07) is 8.78. The van der Waals surface area contributed by atoms with Gasteiger partial charge in [-0.2, -0.15) is 5.26 Å². The quantitative estimate of drug-likeness (QED) is 0.763. The lowest BCUT2D eigenvalue weighted by atomic mass is 9.91. The third-order valence-corrected chi connectivity index (χ3v) is 3.54. The Hall–Kier alpha value is -1.96. The van der Waals surface area contributed by atoms with Crippen molar-refractivity contribution in [2.45, 2.75) is 5.92 Å². The summed E-state index contributed by atoms with van der Waals surface area (Å²) in [5.41, 5.74) is -0.281. The van der Waals surface area contributed by atoms with Gasteiger partial charge in [0.05, 0.1) is 11.6 Å². The molecule has 0 aliphatic heterocycles. The van der Waals surface area contributed by atoms with Crippen molar-refractivity contribution in [3.63, 3.8) is 0 Å². The molecule has 1 unspecified atom stereocenters. The minimum atomic E-state index is -1.37. The molecule has 0 N–H and O–H groups in total. The van der Waals surface area contributed by atoms with Crippen LogP contribution in [0.1, 0.15) is 21.8 Å². The molecule has 0 spiro atoms. The van der Waals surface area contributed by atoms with Crippen molar-refractivity contribution in [2.75, 3.05) is 0 Å². The van der Waals surface area contributed by atoms with Crippen molar-refractivity contribution < 1.29 is 13.6 Å². The first-order valence-electron chi connectivity index (χ1n) is 5.78. The molecule has 0 bridgehead atoms. The average Bonchev–Trinajstić information content (AvgIpc) is 2.42. The molecule has 0 aromatic heterocycles. The Balaban J connectivity index is 2.52. The fraction of sp³-hybridized carbons (Fsp3) is 0.0667. The van der Waals surface area contributed by atoms with Crippen molar-refractivity contribution >= 4 is 29.0 Å². The predicted octanol–water partition coefficient (Wildman–Crippen LogP) is 4.76. The van der Waals surface area contributed by atoms with Gasteiger partial charge < -0.3 is 0 Å². The number of hydrogen-bond donors (Lipinski definition) is 0. The predicted molar refractivity (Wildman–Crippen MR) is 75.5 cm³/mol. The molecule has 0 saturated heterocycles. The highest BCUT2D eigenvalue weighted by molar-refractivity contribution is 6.36. The van der Waals surface area contributed by atoms with Crippen LogP contribution in [0.15, 0.2) is 36.4 Å². The van der Waals surface area contributed by atoms with Crippen LogP contribution in [0.2, 0.25) is 10.0 Å². The summed E-state index contributed by atoms with van der Waals surface area (Å²) in [6.07, 6.45) is 0. The Labute approximate surface area is 129 Å². The first-order chi connectivity index (χ1) is 9.95. The number of Topliss-reactive ketones (excluding diaryl/α,β-unsaturated/α-hetero) is 1. The summed E-state index contributed by atoms with van der Waals surface area (Å²) >= 11 is 11.9. The van der Waals surface area contributed by atoms with Gasteiger partial charge in [-0.1, -0.05) is 29.3 Å². The zero-order chi connectivity index (χ0) is 15.6. The van der Waals surface area contributed by atoms with E-state index in [2.05, 4.69) is 0 Å². The fourth-order valence-corrected chi connectivity index (χ4v) is 2.50. The first kappa shape index (κ1) is 15.4. The maximum absolute atomic E-state index is 13.7. The second-order valence-electron chi connectivity index (χ2n) is 4.19. The lowest BCUT2D eigenvalue weighted by molar-refractivity contribution is 0.0975. The Kier molecular flexibility index (Phi) is 4.56. The van der Waals surface area contributed by atoms with E-state index < -0.39 is 23.3 Å². The maximum Gasteiger partial charge on any atom is 0.187 e. The number of ketones is 1. The zero-order valence-electron chi connectivity index (χ0n) is 10.4. The van der Waals surface area contributed by atoms with Crippen LogP contribution in [0, 0.1) is 23.0 Å². The summed E-state index contributed by atoms with van der Waals surface area (Å²) in [6.45, 7) is 0. The van der Waals surface area contributed by atoms with Gasteiger partial charge in [0.2, 0.25) is 0 Å². The molecule has 2 aromatic rings. The second-order valence-corrected chi connectivity index (χ2v) is 5.00. The van der Waals surface area contributed by atoms with Crippen LogP contribution in [0.5, 0.6) is 0 Å². The molecule has 1 atom stereocenters. The Morgan fingerprint density at radius 1 is 1.14 bits per heavy atom. The van der Waals surface area contributed by atoms with E-state index in [4.69, 9.17) is 23.2 Å². The van der Waals surface area contributed by atoms with Crippen molar-refractivity contribution in [1.82, 2.24) is 0 Å². The van der Waals surface area contributed by atoms with Gasteiger partial charge in [0, 0.05) is 21.7 Å². The van der Waals surface area contributed by atoms with Gasteiger partial charge in [-0.3, -0.25) is 4.79 Å². The van der Waals surface area contributed by atoms with Gasteiger partial charge >= 0.3 is 0 Å². The summed E-state index contributed by atoms with van der Waals surface area (Å²) in [4.78, 5) is 12.3. The van der Waals surface area contributed by atoms with E-state index in [-0.39, 0.29) is 21.2 Å². The number of nitrogens with zero attached hydrogens (tertiary/aromatic N) is 1. The lowest BCUT2D eigenvalue weighted by Crippen LogP contribution is -2.14. The SMILES string of the molecule is N#CC(C(=O)c1ccc(F)cc1F)c1c(Cl)cccc1Cl. The second kappa shape index (κ2) is 6.21. The molecule has 0 aliphatic rings. The highest BCUT2D eigenvalue weighted by atomic mass is 35.5. The molecule has 0 aliphatic carbocycles. The molecular formula is C15H7Cl2F2NO. The summed E-state index contributed by atoms with van der Waals surface area (Å²) < 4.78 is 26.6. The topological polar surface area (TPSA) is 40.9 Å². The number of halogens is 4. The molecular weight excluding hydrogens is 319 g/mol. The molecule has 6 heteroatoms.